The summed E-state index contributed by atoms with van der Waals surface area (Å²) < 4.78 is 24.4. The molecule has 2 aromatic carbocycles. The van der Waals surface area contributed by atoms with Crippen molar-refractivity contribution in [3.8, 4) is 0 Å². The Morgan fingerprint density at radius 1 is 1.18 bits per heavy atom. The van der Waals surface area contributed by atoms with Crippen LogP contribution in [0.1, 0.15) is 10.4 Å². The molecule has 1 amide bonds. The van der Waals surface area contributed by atoms with Crippen LogP contribution in [0.4, 0.5) is 20.2 Å². The predicted molar refractivity (Wildman–Crippen MR) is 79.4 cm³/mol. The number of nitrogens with zero attached hydrogens (tertiary/aromatic N) is 1. The number of non-ortho nitro benzene ring substituents is 1. The maximum Gasteiger partial charge on any atom is 0.288 e. The number of anilines is 1. The number of hydrogen-bond acceptors (Lipinski definition) is 4. The third kappa shape index (κ3) is 4.26. The summed E-state index contributed by atoms with van der Waals surface area (Å²) in [5.74, 6) is -3.02. The zero-order chi connectivity index (χ0) is 16.1. The third-order valence-corrected chi connectivity index (χ3v) is 3.38. The highest BCUT2D eigenvalue weighted by Gasteiger charge is 2.12. The fourth-order valence-electron chi connectivity index (χ4n) is 1.68. The van der Waals surface area contributed by atoms with E-state index in [1.165, 1.54) is 42.5 Å². The second-order valence-electron chi connectivity index (χ2n) is 4.16. The molecule has 5 nitrogen and oxygen atoms in total. The van der Waals surface area contributed by atoms with Crippen LogP contribution in [0.25, 0.3) is 0 Å². The van der Waals surface area contributed by atoms with Crippen molar-refractivity contribution in [2.75, 3.05) is 5.32 Å². The minimum atomic E-state index is -2.51. The highest BCUT2D eigenvalue weighted by atomic mass is 32.2. The Labute approximate surface area is 128 Å². The average molecular weight is 324 g/mol. The maximum atomic E-state index is 12.2. The number of nitrogens with one attached hydrogen (secondary N) is 1. The van der Waals surface area contributed by atoms with Gasteiger partial charge in [-0.1, -0.05) is 17.8 Å². The molecule has 0 fully saturated rings. The Kier molecular flexibility index (Phi) is 5.05. The van der Waals surface area contributed by atoms with Crippen molar-refractivity contribution in [1.82, 2.24) is 0 Å². The molecule has 0 unspecified atom stereocenters. The summed E-state index contributed by atoms with van der Waals surface area (Å²) in [6.45, 7) is 0. The molecule has 2 rings (SSSR count). The minimum Gasteiger partial charge on any atom is -0.322 e. The van der Waals surface area contributed by atoms with Gasteiger partial charge < -0.3 is 5.32 Å². The number of thioether (sulfide) groups is 1. The Bertz CT molecular complexity index is 693. The number of benzene rings is 2. The van der Waals surface area contributed by atoms with Gasteiger partial charge in [-0.05, 0) is 30.3 Å². The lowest BCUT2D eigenvalue weighted by atomic mass is 10.2. The third-order valence-electron chi connectivity index (χ3n) is 2.66. The first-order chi connectivity index (χ1) is 10.5. The van der Waals surface area contributed by atoms with Gasteiger partial charge in [0.05, 0.1) is 4.92 Å². The summed E-state index contributed by atoms with van der Waals surface area (Å²) >= 11 is 0.407. The molecule has 0 aliphatic rings. The topological polar surface area (TPSA) is 72.2 Å². The van der Waals surface area contributed by atoms with E-state index in [1.807, 2.05) is 0 Å². The van der Waals surface area contributed by atoms with Crippen molar-refractivity contribution in [3.63, 3.8) is 0 Å². The summed E-state index contributed by atoms with van der Waals surface area (Å²) in [5.41, 5.74) is 0.367. The van der Waals surface area contributed by atoms with Gasteiger partial charge in [-0.3, -0.25) is 14.9 Å². The van der Waals surface area contributed by atoms with E-state index >= 15 is 0 Å². The van der Waals surface area contributed by atoms with Gasteiger partial charge in [-0.15, -0.1) is 0 Å². The number of carbonyl (C=O) groups is 1. The minimum absolute atomic E-state index is 0.139. The summed E-state index contributed by atoms with van der Waals surface area (Å²) in [7, 11) is 0. The zero-order valence-electron chi connectivity index (χ0n) is 11.0. The quantitative estimate of drug-likeness (QED) is 0.509. The maximum absolute atomic E-state index is 12.2. The fraction of sp³-hybridized carbons (Fsp3) is 0.0714. The molecule has 0 atom stereocenters. The molecule has 0 saturated carbocycles. The molecule has 0 heterocycles. The molecule has 0 bridgehead atoms. The van der Waals surface area contributed by atoms with E-state index < -0.39 is 16.6 Å². The Hall–Kier alpha value is -2.48. The van der Waals surface area contributed by atoms with Crippen LogP contribution in [0.15, 0.2) is 53.4 Å². The number of carbonyl (C=O) groups excluding carboxylic acids is 1. The van der Waals surface area contributed by atoms with Gasteiger partial charge in [0.25, 0.3) is 17.4 Å². The van der Waals surface area contributed by atoms with Crippen molar-refractivity contribution in [3.05, 3.63) is 64.2 Å². The Morgan fingerprint density at radius 2 is 1.86 bits per heavy atom. The van der Waals surface area contributed by atoms with Crippen LogP contribution in [0.3, 0.4) is 0 Å². The van der Waals surface area contributed by atoms with Crippen molar-refractivity contribution < 1.29 is 18.5 Å². The normalized spacial score (nSPS) is 10.5. The predicted octanol–water partition coefficient (Wildman–Crippen LogP) is 4.16. The first kappa shape index (κ1) is 15.9. The molecule has 8 heteroatoms. The molecule has 0 aromatic heterocycles. The number of nitro benzene ring substituents is 1. The molecule has 0 saturated heterocycles. The second kappa shape index (κ2) is 6.99. The first-order valence-electron chi connectivity index (χ1n) is 6.06. The van der Waals surface area contributed by atoms with Crippen LogP contribution in [-0.4, -0.2) is 16.6 Å². The van der Waals surface area contributed by atoms with Crippen LogP contribution < -0.4 is 5.32 Å². The lowest BCUT2D eigenvalue weighted by Gasteiger charge is -2.06. The van der Waals surface area contributed by atoms with Gasteiger partial charge in [-0.25, -0.2) is 0 Å². The molecule has 22 heavy (non-hydrogen) atoms. The van der Waals surface area contributed by atoms with E-state index in [0.717, 1.165) is 6.07 Å². The summed E-state index contributed by atoms with van der Waals surface area (Å²) in [5, 5.41) is 13.2. The van der Waals surface area contributed by atoms with Crippen molar-refractivity contribution in [1.29, 1.82) is 0 Å². The molecule has 2 aromatic rings. The molecule has 114 valence electrons. The summed E-state index contributed by atoms with van der Waals surface area (Å²) in [6.07, 6.45) is 0. The first-order valence-corrected chi connectivity index (χ1v) is 6.94. The zero-order valence-corrected chi connectivity index (χ0v) is 11.8. The molecular formula is C14H10F2N2O3S. The number of halogens is 2. The SMILES string of the molecule is O=C(Nc1ccc(SC(F)F)cc1)c1cccc([N+](=O)[O-])c1. The van der Waals surface area contributed by atoms with Crippen molar-refractivity contribution >= 4 is 29.0 Å². The molecule has 1 N–H and O–H groups in total. The van der Waals surface area contributed by atoms with Gasteiger partial charge in [0.2, 0.25) is 0 Å². The van der Waals surface area contributed by atoms with E-state index in [1.54, 1.807) is 0 Å². The van der Waals surface area contributed by atoms with Crippen LogP contribution in [0.2, 0.25) is 0 Å². The van der Waals surface area contributed by atoms with E-state index in [-0.39, 0.29) is 11.3 Å². The number of nitro groups is 1. The van der Waals surface area contributed by atoms with Crippen LogP contribution in [0.5, 0.6) is 0 Å². The highest BCUT2D eigenvalue weighted by molar-refractivity contribution is 7.99. The van der Waals surface area contributed by atoms with E-state index in [2.05, 4.69) is 5.32 Å². The average Bonchev–Trinajstić information content (AvgIpc) is 2.49. The smallest absolute Gasteiger partial charge is 0.288 e. The largest absolute Gasteiger partial charge is 0.322 e. The number of rotatable bonds is 5. The summed E-state index contributed by atoms with van der Waals surface area (Å²) in [6, 6.07) is 11.2. The molecule has 0 aliphatic carbocycles. The van der Waals surface area contributed by atoms with Gasteiger partial charge in [0.1, 0.15) is 0 Å². The number of amides is 1. The van der Waals surface area contributed by atoms with E-state index in [9.17, 15) is 23.7 Å². The molecular weight excluding hydrogens is 314 g/mol. The van der Waals surface area contributed by atoms with E-state index in [0.29, 0.717) is 22.3 Å². The summed E-state index contributed by atoms with van der Waals surface area (Å²) in [4.78, 5) is 22.5. The Morgan fingerprint density at radius 3 is 2.45 bits per heavy atom. The van der Waals surface area contributed by atoms with Crippen molar-refractivity contribution in [2.24, 2.45) is 0 Å². The van der Waals surface area contributed by atoms with Crippen LogP contribution >= 0.6 is 11.8 Å². The highest BCUT2D eigenvalue weighted by Crippen LogP contribution is 2.26. The standard InChI is InChI=1S/C14H10F2N2O3S/c15-14(16)22-12-6-4-10(5-7-12)17-13(19)9-2-1-3-11(8-9)18(20)21/h1-8,14H,(H,17,19). The molecule has 0 aliphatic heterocycles. The molecule has 0 spiro atoms. The van der Waals surface area contributed by atoms with Gasteiger partial charge in [0.15, 0.2) is 0 Å². The van der Waals surface area contributed by atoms with Gasteiger partial charge >= 0.3 is 0 Å². The number of alkyl halides is 2. The van der Waals surface area contributed by atoms with E-state index in [4.69, 9.17) is 0 Å². The molecule has 0 radical (unpaired) electrons. The lowest BCUT2D eigenvalue weighted by Crippen LogP contribution is -2.11. The van der Waals surface area contributed by atoms with Crippen LogP contribution in [-0.2, 0) is 0 Å². The van der Waals surface area contributed by atoms with Crippen LogP contribution in [0, 0.1) is 10.1 Å². The van der Waals surface area contributed by atoms with Gasteiger partial charge in [0, 0.05) is 28.3 Å². The van der Waals surface area contributed by atoms with Crippen molar-refractivity contribution in [2.45, 2.75) is 10.7 Å². The second-order valence-corrected chi connectivity index (χ2v) is 5.23. The monoisotopic (exact) mass is 324 g/mol. The number of hydrogen-bond donors (Lipinski definition) is 1. The lowest BCUT2D eigenvalue weighted by molar-refractivity contribution is -0.384. The Balaban J connectivity index is 2.08. The fourth-order valence-corrected chi connectivity index (χ4v) is 2.18. The van der Waals surface area contributed by atoms with Gasteiger partial charge in [-0.2, -0.15) is 8.78 Å².